The molecule has 2 saturated carbocycles. The Morgan fingerprint density at radius 1 is 0.983 bits per heavy atom. The van der Waals surface area contributed by atoms with E-state index in [2.05, 4.69) is 5.32 Å². The number of amides is 1. The molecular formula is C43H59NO15. The number of hydrogen-bond donors (Lipinski definition) is 4. The van der Waals surface area contributed by atoms with Gasteiger partial charge < -0.3 is 49.1 Å². The van der Waals surface area contributed by atoms with Gasteiger partial charge in [0.25, 0.3) is 0 Å². The minimum atomic E-state index is -2.37. The summed E-state index contributed by atoms with van der Waals surface area (Å²) in [5.41, 5.74) is -7.93. The van der Waals surface area contributed by atoms with Crippen LogP contribution in [-0.2, 0) is 47.6 Å². The molecule has 2 bridgehead atoms. The molecule has 11 atom stereocenters. The highest BCUT2D eigenvalue weighted by atomic mass is 16.6. The molecule has 1 aromatic rings. The van der Waals surface area contributed by atoms with Gasteiger partial charge in [-0.3, -0.25) is 14.4 Å². The van der Waals surface area contributed by atoms with E-state index < -0.39 is 119 Å². The monoisotopic (exact) mass is 829 g/mol. The van der Waals surface area contributed by atoms with E-state index >= 15 is 4.79 Å². The number of carbonyl (C=O) groups excluding carboxylic acids is 6. The molecule has 16 nitrogen and oxygen atoms in total. The summed E-state index contributed by atoms with van der Waals surface area (Å²) < 4.78 is 35.4. The quantitative estimate of drug-likeness (QED) is 0.151. The second kappa shape index (κ2) is 16.2. The predicted octanol–water partition coefficient (Wildman–Crippen LogP) is 3.36. The van der Waals surface area contributed by atoms with Crippen LogP contribution in [0.25, 0.3) is 0 Å². The molecule has 4 N–H and O–H groups in total. The fourth-order valence-electron chi connectivity index (χ4n) is 9.44. The van der Waals surface area contributed by atoms with Gasteiger partial charge in [-0.15, -0.1) is 0 Å². The van der Waals surface area contributed by atoms with Gasteiger partial charge in [0, 0.05) is 32.1 Å². The Bertz CT molecular complexity index is 1870. The summed E-state index contributed by atoms with van der Waals surface area (Å²) in [5, 5.41) is 39.5. The Kier molecular flexibility index (Phi) is 12.6. The molecule has 326 valence electrons. The first kappa shape index (κ1) is 45.7. The normalized spacial score (nSPS) is 33.4. The lowest BCUT2D eigenvalue weighted by molar-refractivity contribution is -0.346. The molecule has 3 aliphatic carbocycles. The van der Waals surface area contributed by atoms with Crippen LogP contribution in [0.3, 0.4) is 0 Å². The van der Waals surface area contributed by atoms with E-state index in [-0.39, 0.29) is 41.8 Å². The molecule has 1 heterocycles. The SMILES string of the molecule is CC(=O)O[C@H]1C(=O)[C@@]2(C)[C@H]([C@H](OC(=O)c3ccccc3)[C@]3(O)C[C@H](OC(=O)[C@H](O)[C@@H](NC(=O)OCC(C)(C)C)C(C)C)C(C)=C1C3(C)C)[C@]1(OC(C)=O)CO[C@@H]1C[C@@H]2O. The van der Waals surface area contributed by atoms with Crippen LogP contribution < -0.4 is 5.32 Å². The highest BCUT2D eigenvalue weighted by molar-refractivity contribution is 5.95. The number of alkyl carbamates (subject to hydrolysis) is 1. The fourth-order valence-corrected chi connectivity index (χ4v) is 9.44. The molecule has 1 aromatic carbocycles. The molecule has 5 rings (SSSR count). The standard InChI is InChI=1S/C43H59NO15/c1-21(2)30(44-38(52)55-19-39(6,7)8)31(48)37(51)57-26-18-43(53)35(58-36(50)25-15-13-12-14-16-25)33-41(11,27(47)17-28-42(33,20-54-28)59-24(5)46)34(49)32(56-23(4)45)29(22(26)3)40(43,9)10/h12-16,21,26-28,30-33,35,47-48,53H,17-20H2,1-11H3,(H,44,52)/t26-,27-,28+,30-,31+,32+,33-,35-,41+,42-,43+/m0/s1. The summed E-state index contributed by atoms with van der Waals surface area (Å²) in [7, 11) is 0. The molecule has 0 spiro atoms. The number of aliphatic hydroxyl groups excluding tert-OH is 2. The summed E-state index contributed by atoms with van der Waals surface area (Å²) in [6.45, 7) is 16.9. The zero-order valence-corrected chi connectivity index (χ0v) is 35.7. The largest absolute Gasteiger partial charge is 0.456 e. The first-order chi connectivity index (χ1) is 27.2. The van der Waals surface area contributed by atoms with Crippen molar-refractivity contribution >= 4 is 35.8 Å². The van der Waals surface area contributed by atoms with Gasteiger partial charge in [0.15, 0.2) is 23.6 Å². The van der Waals surface area contributed by atoms with Gasteiger partial charge >= 0.3 is 30.0 Å². The lowest BCUT2D eigenvalue weighted by Gasteiger charge is -2.67. The van der Waals surface area contributed by atoms with Crippen LogP contribution in [0.4, 0.5) is 4.79 Å². The smallest absolute Gasteiger partial charge is 0.407 e. The van der Waals surface area contributed by atoms with Crippen molar-refractivity contribution in [1.82, 2.24) is 5.32 Å². The Morgan fingerprint density at radius 3 is 2.14 bits per heavy atom. The third kappa shape index (κ3) is 8.12. The van der Waals surface area contributed by atoms with Crippen LogP contribution in [0.5, 0.6) is 0 Å². The van der Waals surface area contributed by atoms with Gasteiger partial charge in [0.2, 0.25) is 0 Å². The molecule has 1 aliphatic heterocycles. The van der Waals surface area contributed by atoms with Gasteiger partial charge in [-0.2, -0.15) is 0 Å². The number of carbonyl (C=O) groups is 6. The molecule has 1 amide bonds. The van der Waals surface area contributed by atoms with Gasteiger partial charge in [0.05, 0.1) is 42.3 Å². The average molecular weight is 830 g/mol. The van der Waals surface area contributed by atoms with E-state index in [0.29, 0.717) is 0 Å². The average Bonchev–Trinajstić information content (AvgIpc) is 3.13. The van der Waals surface area contributed by atoms with Gasteiger partial charge in [-0.1, -0.05) is 66.7 Å². The van der Waals surface area contributed by atoms with Crippen molar-refractivity contribution in [1.29, 1.82) is 0 Å². The van der Waals surface area contributed by atoms with E-state index in [1.807, 2.05) is 20.8 Å². The van der Waals surface area contributed by atoms with E-state index in [9.17, 15) is 39.3 Å². The Balaban J connectivity index is 1.70. The van der Waals surface area contributed by atoms with Gasteiger partial charge in [0.1, 0.15) is 23.9 Å². The third-order valence-corrected chi connectivity index (χ3v) is 12.7. The number of hydrogen-bond acceptors (Lipinski definition) is 15. The zero-order valence-electron chi connectivity index (χ0n) is 35.7. The minimum Gasteiger partial charge on any atom is -0.456 e. The number of esters is 4. The van der Waals surface area contributed by atoms with Crippen LogP contribution in [-0.4, -0.2) is 118 Å². The summed E-state index contributed by atoms with van der Waals surface area (Å²) >= 11 is 0. The lowest BCUT2D eigenvalue weighted by atomic mass is 9.44. The Morgan fingerprint density at radius 2 is 1.61 bits per heavy atom. The van der Waals surface area contributed by atoms with Gasteiger partial charge in [-0.25, -0.2) is 14.4 Å². The summed E-state index contributed by atoms with van der Waals surface area (Å²) in [6.07, 6.45) is -11.2. The highest BCUT2D eigenvalue weighted by Gasteiger charge is 2.78. The zero-order chi connectivity index (χ0) is 44.2. The molecular weight excluding hydrogens is 770 g/mol. The van der Waals surface area contributed by atoms with Crippen LogP contribution in [0.1, 0.15) is 99.4 Å². The number of ketones is 1. The Labute approximate surface area is 344 Å². The second-order valence-electron chi connectivity index (χ2n) is 18.7. The van der Waals surface area contributed by atoms with E-state index in [1.54, 1.807) is 45.9 Å². The maximum atomic E-state index is 15.4. The van der Waals surface area contributed by atoms with Crippen molar-refractivity contribution in [2.24, 2.45) is 28.1 Å². The predicted molar refractivity (Wildman–Crippen MR) is 207 cm³/mol. The Hall–Kier alpha value is -4.38. The molecule has 0 radical (unpaired) electrons. The highest BCUT2D eigenvalue weighted by Crippen LogP contribution is 2.64. The number of fused-ring (bicyclic) bond motifs is 5. The van der Waals surface area contributed by atoms with Crippen LogP contribution in [0.2, 0.25) is 0 Å². The third-order valence-electron chi connectivity index (χ3n) is 12.7. The first-order valence-corrected chi connectivity index (χ1v) is 19.9. The van der Waals surface area contributed by atoms with Gasteiger partial charge in [-0.05, 0) is 48.5 Å². The summed E-state index contributed by atoms with van der Waals surface area (Å²) in [6, 6.07) is 6.64. The molecule has 16 heteroatoms. The van der Waals surface area contributed by atoms with Crippen LogP contribution in [0.15, 0.2) is 41.5 Å². The van der Waals surface area contributed by atoms with Crippen LogP contribution >= 0.6 is 0 Å². The molecule has 1 saturated heterocycles. The van der Waals surface area contributed by atoms with Crippen molar-refractivity contribution in [2.75, 3.05) is 13.2 Å². The maximum absolute atomic E-state index is 15.4. The van der Waals surface area contributed by atoms with Crippen molar-refractivity contribution in [2.45, 2.75) is 143 Å². The molecule has 4 aliphatic rings. The first-order valence-electron chi connectivity index (χ1n) is 19.9. The van der Waals surface area contributed by atoms with E-state index in [1.165, 1.54) is 26.0 Å². The molecule has 59 heavy (non-hydrogen) atoms. The second-order valence-corrected chi connectivity index (χ2v) is 18.7. The number of nitrogens with one attached hydrogen (secondary N) is 1. The van der Waals surface area contributed by atoms with E-state index in [0.717, 1.165) is 13.8 Å². The summed E-state index contributed by atoms with van der Waals surface area (Å²) in [5.74, 6) is -6.71. The summed E-state index contributed by atoms with van der Waals surface area (Å²) in [4.78, 5) is 82.2. The molecule has 0 unspecified atom stereocenters. The van der Waals surface area contributed by atoms with Crippen molar-refractivity contribution in [3.8, 4) is 0 Å². The molecule has 3 fully saturated rings. The fraction of sp³-hybridized carbons (Fsp3) is 0.674. The number of rotatable bonds is 10. The number of Topliss-reactive ketones (excluding diaryl/α,β-unsaturated/α-hetero) is 1. The maximum Gasteiger partial charge on any atom is 0.407 e. The van der Waals surface area contributed by atoms with Crippen molar-refractivity contribution in [3.63, 3.8) is 0 Å². The lowest BCUT2D eigenvalue weighted by Crippen LogP contribution is -2.82. The minimum absolute atomic E-state index is 0.00388. The number of aliphatic hydroxyl groups is 3. The number of benzene rings is 1. The number of ether oxygens (including phenoxy) is 6. The topological polar surface area (TPSA) is 231 Å². The van der Waals surface area contributed by atoms with E-state index in [4.69, 9.17) is 28.4 Å². The van der Waals surface area contributed by atoms with Crippen molar-refractivity contribution in [3.05, 3.63) is 47.0 Å². The molecule has 0 aromatic heterocycles. The van der Waals surface area contributed by atoms with Crippen LogP contribution in [0, 0.1) is 28.1 Å². The van der Waals surface area contributed by atoms with Crippen molar-refractivity contribution < 1.29 is 72.5 Å².